The van der Waals surface area contributed by atoms with Gasteiger partial charge < -0.3 is 5.32 Å². The van der Waals surface area contributed by atoms with Crippen LogP contribution in [0.5, 0.6) is 0 Å². The number of hydrogen-bond acceptors (Lipinski definition) is 3. The average Bonchev–Trinajstić information content (AvgIpc) is 1.98. The summed E-state index contributed by atoms with van der Waals surface area (Å²) < 4.78 is 24.6. The summed E-state index contributed by atoms with van der Waals surface area (Å²) in [6, 6.07) is 0.379. The van der Waals surface area contributed by atoms with Crippen molar-refractivity contribution in [1.82, 2.24) is 10.0 Å². The van der Waals surface area contributed by atoms with Crippen molar-refractivity contribution in [3.63, 3.8) is 0 Å². The van der Waals surface area contributed by atoms with Gasteiger partial charge in [0.05, 0.1) is 5.75 Å². The molecule has 0 aliphatic rings. The normalized spacial score (nSPS) is 11.9. The van der Waals surface area contributed by atoms with Crippen LogP contribution in [0.4, 0.5) is 0 Å². The second kappa shape index (κ2) is 6.12. The van der Waals surface area contributed by atoms with Crippen LogP contribution in [0.15, 0.2) is 12.7 Å². The quantitative estimate of drug-likeness (QED) is 0.458. The van der Waals surface area contributed by atoms with Gasteiger partial charge in [-0.05, 0) is 0 Å². The number of rotatable bonds is 7. The second-order valence-corrected chi connectivity index (χ2v) is 4.92. The van der Waals surface area contributed by atoms with Gasteiger partial charge >= 0.3 is 0 Å². The first-order valence-electron chi connectivity index (χ1n) is 4.29. The SMILES string of the molecule is C=CCS(=O)(=O)NCCNC(C)C. The lowest BCUT2D eigenvalue weighted by molar-refractivity contribution is 0.561. The Kier molecular flexibility index (Phi) is 5.94. The smallest absolute Gasteiger partial charge is 0.215 e. The van der Waals surface area contributed by atoms with Crippen molar-refractivity contribution in [2.75, 3.05) is 18.8 Å². The first-order valence-corrected chi connectivity index (χ1v) is 5.95. The van der Waals surface area contributed by atoms with E-state index in [0.29, 0.717) is 19.1 Å². The van der Waals surface area contributed by atoms with E-state index in [1.165, 1.54) is 6.08 Å². The summed E-state index contributed by atoms with van der Waals surface area (Å²) in [5.74, 6) is -0.0192. The molecule has 0 spiro atoms. The van der Waals surface area contributed by atoms with E-state index in [2.05, 4.69) is 16.6 Å². The zero-order valence-corrected chi connectivity index (χ0v) is 9.02. The molecule has 0 radical (unpaired) electrons. The highest BCUT2D eigenvalue weighted by molar-refractivity contribution is 7.89. The van der Waals surface area contributed by atoms with Crippen molar-refractivity contribution < 1.29 is 8.42 Å². The molecule has 0 heterocycles. The molecule has 0 saturated carbocycles. The largest absolute Gasteiger partial charge is 0.313 e. The third-order valence-corrected chi connectivity index (χ3v) is 2.66. The fourth-order valence-electron chi connectivity index (χ4n) is 0.781. The summed E-state index contributed by atoms with van der Waals surface area (Å²) in [7, 11) is -3.14. The fraction of sp³-hybridized carbons (Fsp3) is 0.750. The van der Waals surface area contributed by atoms with Crippen molar-refractivity contribution in [3.8, 4) is 0 Å². The molecule has 0 aromatic rings. The molecule has 2 N–H and O–H groups in total. The summed E-state index contributed by atoms with van der Waals surface area (Å²) in [5.41, 5.74) is 0. The first kappa shape index (κ1) is 12.6. The first-order chi connectivity index (χ1) is 5.98. The molecule has 0 aromatic carbocycles. The van der Waals surface area contributed by atoms with Crippen LogP contribution in [0.3, 0.4) is 0 Å². The van der Waals surface area contributed by atoms with Gasteiger partial charge in [0.15, 0.2) is 0 Å². The Morgan fingerprint density at radius 1 is 1.38 bits per heavy atom. The zero-order chi connectivity index (χ0) is 10.3. The molecule has 0 atom stereocenters. The van der Waals surface area contributed by atoms with Crippen LogP contribution in [0.25, 0.3) is 0 Å². The molecule has 0 aromatic heterocycles. The van der Waals surface area contributed by atoms with Crippen molar-refractivity contribution in [2.45, 2.75) is 19.9 Å². The third-order valence-electron chi connectivity index (χ3n) is 1.34. The molecular formula is C8H18N2O2S. The van der Waals surface area contributed by atoms with Crippen LogP contribution in [0.2, 0.25) is 0 Å². The lowest BCUT2D eigenvalue weighted by Crippen LogP contribution is -2.35. The average molecular weight is 206 g/mol. The summed E-state index contributed by atoms with van der Waals surface area (Å²) in [5, 5.41) is 3.11. The molecule has 5 heteroatoms. The minimum Gasteiger partial charge on any atom is -0.313 e. The summed E-state index contributed by atoms with van der Waals surface area (Å²) in [4.78, 5) is 0. The van der Waals surface area contributed by atoms with Crippen LogP contribution in [0.1, 0.15) is 13.8 Å². The minimum atomic E-state index is -3.14. The minimum absolute atomic E-state index is 0.0192. The Morgan fingerprint density at radius 2 is 2.00 bits per heavy atom. The van der Waals surface area contributed by atoms with E-state index < -0.39 is 10.0 Å². The monoisotopic (exact) mass is 206 g/mol. The van der Waals surface area contributed by atoms with Gasteiger partial charge in [-0.3, -0.25) is 0 Å². The zero-order valence-electron chi connectivity index (χ0n) is 8.21. The maximum absolute atomic E-state index is 11.1. The Hall–Kier alpha value is -0.390. The number of hydrogen-bond donors (Lipinski definition) is 2. The highest BCUT2D eigenvalue weighted by atomic mass is 32.2. The highest BCUT2D eigenvalue weighted by Crippen LogP contribution is 1.83. The Morgan fingerprint density at radius 3 is 2.46 bits per heavy atom. The van der Waals surface area contributed by atoms with Gasteiger partial charge in [0, 0.05) is 19.1 Å². The van der Waals surface area contributed by atoms with E-state index in [1.807, 2.05) is 13.8 Å². The van der Waals surface area contributed by atoms with E-state index in [0.717, 1.165) is 0 Å². The Balaban J connectivity index is 3.58. The van der Waals surface area contributed by atoms with E-state index in [9.17, 15) is 8.42 Å². The molecular weight excluding hydrogens is 188 g/mol. The highest BCUT2D eigenvalue weighted by Gasteiger charge is 2.05. The molecule has 0 aliphatic heterocycles. The number of sulfonamides is 1. The Bertz CT molecular complexity index is 235. The third kappa shape index (κ3) is 7.95. The van der Waals surface area contributed by atoms with E-state index in [-0.39, 0.29) is 5.75 Å². The molecule has 0 amide bonds. The predicted octanol–water partition coefficient (Wildman–Crippen LogP) is 0.0898. The fourth-order valence-corrected chi connectivity index (χ4v) is 1.62. The lowest BCUT2D eigenvalue weighted by Gasteiger charge is -2.08. The van der Waals surface area contributed by atoms with E-state index in [4.69, 9.17) is 0 Å². The van der Waals surface area contributed by atoms with Crippen molar-refractivity contribution in [2.24, 2.45) is 0 Å². The van der Waals surface area contributed by atoms with Gasteiger partial charge in [0.1, 0.15) is 0 Å². The van der Waals surface area contributed by atoms with Crippen LogP contribution >= 0.6 is 0 Å². The van der Waals surface area contributed by atoms with Crippen LogP contribution in [-0.2, 0) is 10.0 Å². The van der Waals surface area contributed by atoms with Gasteiger partial charge in [0.25, 0.3) is 0 Å². The van der Waals surface area contributed by atoms with Gasteiger partial charge in [-0.15, -0.1) is 6.58 Å². The molecule has 13 heavy (non-hydrogen) atoms. The second-order valence-electron chi connectivity index (χ2n) is 3.07. The molecule has 0 unspecified atom stereocenters. The molecule has 0 bridgehead atoms. The van der Waals surface area contributed by atoms with E-state index in [1.54, 1.807) is 0 Å². The van der Waals surface area contributed by atoms with Crippen molar-refractivity contribution >= 4 is 10.0 Å². The van der Waals surface area contributed by atoms with Gasteiger partial charge in [0.2, 0.25) is 10.0 Å². The van der Waals surface area contributed by atoms with Crippen molar-refractivity contribution in [3.05, 3.63) is 12.7 Å². The molecule has 0 aliphatic carbocycles. The lowest BCUT2D eigenvalue weighted by atomic mass is 10.4. The van der Waals surface area contributed by atoms with Gasteiger partial charge in [-0.25, -0.2) is 13.1 Å². The molecule has 78 valence electrons. The van der Waals surface area contributed by atoms with Crippen LogP contribution in [0, 0.1) is 0 Å². The standard InChI is InChI=1S/C8H18N2O2S/c1-4-7-13(11,12)10-6-5-9-8(2)3/h4,8-10H,1,5-7H2,2-3H3. The van der Waals surface area contributed by atoms with Crippen LogP contribution in [-0.4, -0.2) is 33.3 Å². The summed E-state index contributed by atoms with van der Waals surface area (Å²) >= 11 is 0. The maximum Gasteiger partial charge on any atom is 0.215 e. The summed E-state index contributed by atoms with van der Waals surface area (Å²) in [6.07, 6.45) is 1.37. The topological polar surface area (TPSA) is 58.2 Å². The molecule has 4 nitrogen and oxygen atoms in total. The van der Waals surface area contributed by atoms with Crippen molar-refractivity contribution in [1.29, 1.82) is 0 Å². The van der Waals surface area contributed by atoms with Gasteiger partial charge in [-0.2, -0.15) is 0 Å². The molecule has 0 rings (SSSR count). The number of nitrogens with one attached hydrogen (secondary N) is 2. The summed E-state index contributed by atoms with van der Waals surface area (Å²) in [6.45, 7) is 8.46. The molecule has 0 fully saturated rings. The molecule has 0 saturated heterocycles. The predicted molar refractivity (Wildman–Crippen MR) is 55.1 cm³/mol. The maximum atomic E-state index is 11.1. The van der Waals surface area contributed by atoms with Gasteiger partial charge in [-0.1, -0.05) is 19.9 Å². The Labute approximate surface area is 80.5 Å². The van der Waals surface area contributed by atoms with E-state index >= 15 is 0 Å². The van der Waals surface area contributed by atoms with Crippen LogP contribution < -0.4 is 10.0 Å².